The van der Waals surface area contributed by atoms with Gasteiger partial charge in [0.2, 0.25) is 0 Å². The monoisotopic (exact) mass is 348 g/mol. The summed E-state index contributed by atoms with van der Waals surface area (Å²) in [6.07, 6.45) is 6.64. The van der Waals surface area contributed by atoms with Crippen LogP contribution in [0.15, 0.2) is 55.1 Å². The minimum absolute atomic E-state index is 0.0117. The molecular formula is C20H20N4O2. The van der Waals surface area contributed by atoms with Crippen molar-refractivity contribution in [3.05, 3.63) is 66.5 Å². The maximum Gasteiger partial charge on any atom is 0.273 e. The van der Waals surface area contributed by atoms with E-state index in [1.807, 2.05) is 41.3 Å². The van der Waals surface area contributed by atoms with Gasteiger partial charge in [0.1, 0.15) is 12.0 Å². The van der Waals surface area contributed by atoms with Gasteiger partial charge in [0.25, 0.3) is 5.91 Å². The van der Waals surface area contributed by atoms with Gasteiger partial charge < -0.3 is 9.64 Å². The number of aromatic nitrogens is 3. The molecule has 1 aromatic carbocycles. The van der Waals surface area contributed by atoms with E-state index >= 15 is 0 Å². The number of nitrogens with zero attached hydrogens (tertiary/aromatic N) is 4. The number of amides is 1. The Morgan fingerprint density at radius 3 is 2.96 bits per heavy atom. The predicted molar refractivity (Wildman–Crippen MR) is 97.7 cm³/mol. The largest absolute Gasteiger partial charge is 0.375 e. The van der Waals surface area contributed by atoms with Crippen LogP contribution >= 0.6 is 0 Å². The molecule has 1 fully saturated rings. The maximum absolute atomic E-state index is 13.0. The number of morpholine rings is 1. The first kappa shape index (κ1) is 16.6. The highest BCUT2D eigenvalue weighted by molar-refractivity contribution is 6.05. The van der Waals surface area contributed by atoms with Gasteiger partial charge in [0.15, 0.2) is 0 Å². The quantitative estimate of drug-likeness (QED) is 0.725. The van der Waals surface area contributed by atoms with Crippen LogP contribution in [0.3, 0.4) is 0 Å². The van der Waals surface area contributed by atoms with E-state index in [4.69, 9.17) is 4.74 Å². The van der Waals surface area contributed by atoms with E-state index in [2.05, 4.69) is 15.0 Å². The zero-order valence-electron chi connectivity index (χ0n) is 14.4. The molecule has 6 heteroatoms. The van der Waals surface area contributed by atoms with Gasteiger partial charge in [-0.15, -0.1) is 0 Å². The Bertz CT molecular complexity index is 895. The summed E-state index contributed by atoms with van der Waals surface area (Å²) in [5, 5.41) is 1.92. The van der Waals surface area contributed by atoms with Gasteiger partial charge in [0.05, 0.1) is 12.7 Å². The molecule has 3 heterocycles. The zero-order valence-corrected chi connectivity index (χ0v) is 14.4. The topological polar surface area (TPSA) is 68.2 Å². The van der Waals surface area contributed by atoms with Crippen LogP contribution in [0, 0.1) is 0 Å². The van der Waals surface area contributed by atoms with Crippen molar-refractivity contribution in [2.45, 2.75) is 18.9 Å². The van der Waals surface area contributed by atoms with Gasteiger partial charge in [-0.25, -0.2) is 9.97 Å². The molecule has 1 aliphatic heterocycles. The van der Waals surface area contributed by atoms with Crippen LogP contribution in [0.2, 0.25) is 0 Å². The van der Waals surface area contributed by atoms with E-state index in [-0.39, 0.29) is 12.0 Å². The lowest BCUT2D eigenvalue weighted by Gasteiger charge is -2.33. The highest BCUT2D eigenvalue weighted by atomic mass is 16.5. The summed E-state index contributed by atoms with van der Waals surface area (Å²) in [7, 11) is 0. The molecule has 1 amide bonds. The normalized spacial score (nSPS) is 17.4. The number of hydrogen-bond donors (Lipinski definition) is 0. The number of carbonyl (C=O) groups excluding carboxylic acids is 1. The maximum atomic E-state index is 13.0. The van der Waals surface area contributed by atoms with Gasteiger partial charge in [-0.2, -0.15) is 0 Å². The minimum Gasteiger partial charge on any atom is -0.375 e. The molecule has 6 nitrogen and oxygen atoms in total. The van der Waals surface area contributed by atoms with Crippen molar-refractivity contribution in [2.75, 3.05) is 19.7 Å². The third-order valence-electron chi connectivity index (χ3n) is 4.67. The summed E-state index contributed by atoms with van der Waals surface area (Å²) >= 11 is 0. The molecule has 1 unspecified atom stereocenters. The fourth-order valence-electron chi connectivity index (χ4n) is 3.29. The van der Waals surface area contributed by atoms with E-state index in [0.29, 0.717) is 25.4 Å². The van der Waals surface area contributed by atoms with Crippen LogP contribution in [0.4, 0.5) is 0 Å². The van der Waals surface area contributed by atoms with Crippen molar-refractivity contribution >= 4 is 16.7 Å². The summed E-state index contributed by atoms with van der Waals surface area (Å²) < 4.78 is 5.85. The second-order valence-electron chi connectivity index (χ2n) is 6.36. The number of pyridine rings is 1. The first-order chi connectivity index (χ1) is 12.8. The first-order valence-corrected chi connectivity index (χ1v) is 8.81. The van der Waals surface area contributed by atoms with Gasteiger partial charge >= 0.3 is 0 Å². The predicted octanol–water partition coefficient (Wildman–Crippen LogP) is 2.50. The van der Waals surface area contributed by atoms with E-state index in [1.165, 1.54) is 0 Å². The van der Waals surface area contributed by atoms with E-state index in [1.54, 1.807) is 18.7 Å². The van der Waals surface area contributed by atoms with Crippen LogP contribution in [0.5, 0.6) is 0 Å². The Labute approximate surface area is 151 Å². The molecule has 0 saturated carbocycles. The number of hydrogen-bond acceptors (Lipinski definition) is 5. The molecular weight excluding hydrogens is 328 g/mol. The van der Waals surface area contributed by atoms with Gasteiger partial charge in [-0.05, 0) is 30.4 Å². The lowest BCUT2D eigenvalue weighted by atomic mass is 10.1. The minimum atomic E-state index is -0.0304. The average molecular weight is 348 g/mol. The Kier molecular flexibility index (Phi) is 4.84. The lowest BCUT2D eigenvalue weighted by Crippen LogP contribution is -2.46. The van der Waals surface area contributed by atoms with Crippen LogP contribution in [0.25, 0.3) is 10.8 Å². The highest BCUT2D eigenvalue weighted by Crippen LogP contribution is 2.20. The average Bonchev–Trinajstić information content (AvgIpc) is 2.72. The summed E-state index contributed by atoms with van der Waals surface area (Å²) in [4.78, 5) is 27.4. The smallest absolute Gasteiger partial charge is 0.273 e. The molecule has 2 aromatic heterocycles. The molecule has 1 atom stereocenters. The molecule has 1 aliphatic rings. The number of carbonyl (C=O) groups is 1. The number of fused-ring (bicyclic) bond motifs is 1. The van der Waals surface area contributed by atoms with Crippen molar-refractivity contribution in [3.8, 4) is 0 Å². The summed E-state index contributed by atoms with van der Waals surface area (Å²) in [5.41, 5.74) is 1.50. The van der Waals surface area contributed by atoms with E-state index < -0.39 is 0 Å². The van der Waals surface area contributed by atoms with Crippen LogP contribution in [-0.2, 0) is 11.2 Å². The van der Waals surface area contributed by atoms with Gasteiger partial charge in [-0.3, -0.25) is 9.78 Å². The summed E-state index contributed by atoms with van der Waals surface area (Å²) in [6, 6.07) is 11.7. The SMILES string of the molecule is O=C(c1nccc2ccccc12)N1CCOC(CCc2ccncn2)C1. The van der Waals surface area contributed by atoms with Gasteiger partial charge in [-0.1, -0.05) is 24.3 Å². The Morgan fingerprint density at radius 1 is 1.15 bits per heavy atom. The van der Waals surface area contributed by atoms with Crippen molar-refractivity contribution in [1.82, 2.24) is 19.9 Å². The second-order valence-corrected chi connectivity index (χ2v) is 6.36. The third kappa shape index (κ3) is 3.55. The van der Waals surface area contributed by atoms with Crippen molar-refractivity contribution < 1.29 is 9.53 Å². The molecule has 3 aromatic rings. The zero-order chi connectivity index (χ0) is 17.8. The molecule has 132 valence electrons. The molecule has 0 spiro atoms. The number of aryl methyl sites for hydroxylation is 1. The van der Waals surface area contributed by atoms with Crippen molar-refractivity contribution in [1.29, 1.82) is 0 Å². The van der Waals surface area contributed by atoms with Crippen LogP contribution in [-0.4, -0.2) is 51.6 Å². The van der Waals surface area contributed by atoms with E-state index in [0.717, 1.165) is 29.3 Å². The number of benzene rings is 1. The standard InChI is InChI=1S/C20H20N4O2/c25-20(19-18-4-2-1-3-15(18)7-10-22-19)24-11-12-26-17(13-24)6-5-16-8-9-21-14-23-16/h1-4,7-10,14,17H,5-6,11-13H2. The molecule has 1 saturated heterocycles. The summed E-state index contributed by atoms with van der Waals surface area (Å²) in [5.74, 6) is -0.0304. The molecule has 0 radical (unpaired) electrons. The Balaban J connectivity index is 1.46. The molecule has 4 rings (SSSR count). The first-order valence-electron chi connectivity index (χ1n) is 8.81. The lowest BCUT2D eigenvalue weighted by molar-refractivity contribution is -0.0248. The molecule has 0 N–H and O–H groups in total. The molecule has 0 bridgehead atoms. The van der Waals surface area contributed by atoms with Crippen LogP contribution in [0.1, 0.15) is 22.6 Å². The second kappa shape index (κ2) is 7.58. The number of rotatable bonds is 4. The fraction of sp³-hybridized carbons (Fsp3) is 0.300. The number of ether oxygens (including phenoxy) is 1. The van der Waals surface area contributed by atoms with Crippen LogP contribution < -0.4 is 0 Å². The Hall–Kier alpha value is -2.86. The Morgan fingerprint density at radius 2 is 2.08 bits per heavy atom. The fourth-order valence-corrected chi connectivity index (χ4v) is 3.29. The van der Waals surface area contributed by atoms with Crippen molar-refractivity contribution in [3.63, 3.8) is 0 Å². The summed E-state index contributed by atoms with van der Waals surface area (Å²) in [6.45, 7) is 1.72. The molecule has 0 aliphatic carbocycles. The highest BCUT2D eigenvalue weighted by Gasteiger charge is 2.26. The van der Waals surface area contributed by atoms with E-state index in [9.17, 15) is 4.79 Å². The third-order valence-corrected chi connectivity index (χ3v) is 4.67. The van der Waals surface area contributed by atoms with Crippen molar-refractivity contribution in [2.24, 2.45) is 0 Å². The molecule has 26 heavy (non-hydrogen) atoms. The van der Waals surface area contributed by atoms with Gasteiger partial charge in [0, 0.05) is 36.6 Å².